The van der Waals surface area contributed by atoms with Crippen LogP contribution in [-0.4, -0.2) is 59.0 Å². The highest BCUT2D eigenvalue weighted by Crippen LogP contribution is 2.39. The first-order valence-corrected chi connectivity index (χ1v) is 15.7. The first kappa shape index (κ1) is 31.3. The smallest absolute Gasteiger partial charge is 0.365 e. The Hall–Kier alpha value is -4.72. The predicted molar refractivity (Wildman–Crippen MR) is 169 cm³/mol. The topological polar surface area (TPSA) is 102 Å². The first-order chi connectivity index (χ1) is 22.1. The third-order valence-electron chi connectivity index (χ3n) is 8.09. The summed E-state index contributed by atoms with van der Waals surface area (Å²) < 4.78 is 55.7. The van der Waals surface area contributed by atoms with Gasteiger partial charge < -0.3 is 25.8 Å². The Morgan fingerprint density at radius 3 is 2.33 bits per heavy atom. The standard InChI is InChI=1S/C32H31F4N7O2S/c33-24-8-4-5-9-25(24)40-30(45)43-17-14-23(19-43)38-26-11-10-22(18-37-26)39-29(44)27-28(32(34,35)36)41-31(46-27)42-15-12-21(13-16-42)20-6-2-1-3-7-20/h1-11,18,21,23H,12-17,19H2,(H,37,38)(H,39,44)(H,40,45). The second-order valence-corrected chi connectivity index (χ2v) is 12.2. The number of pyridine rings is 1. The zero-order valence-electron chi connectivity index (χ0n) is 24.6. The molecule has 0 bridgehead atoms. The van der Waals surface area contributed by atoms with E-state index in [0.717, 1.165) is 24.2 Å². The number of urea groups is 1. The summed E-state index contributed by atoms with van der Waals surface area (Å²) in [5.74, 6) is -0.643. The molecule has 0 radical (unpaired) electrons. The lowest BCUT2D eigenvalue weighted by Gasteiger charge is -2.32. The molecule has 2 aliphatic heterocycles. The molecule has 0 saturated carbocycles. The molecule has 4 heterocycles. The zero-order chi connectivity index (χ0) is 32.3. The van der Waals surface area contributed by atoms with E-state index in [-0.39, 0.29) is 22.5 Å². The number of hydrogen-bond donors (Lipinski definition) is 3. The van der Waals surface area contributed by atoms with E-state index in [1.165, 1.54) is 36.0 Å². The maximum absolute atomic E-state index is 13.9. The van der Waals surface area contributed by atoms with Crippen molar-refractivity contribution in [2.24, 2.45) is 0 Å². The third kappa shape index (κ3) is 7.22. The lowest BCUT2D eigenvalue weighted by atomic mass is 9.90. The summed E-state index contributed by atoms with van der Waals surface area (Å²) in [5.41, 5.74) is 0.330. The number of amides is 3. The predicted octanol–water partition coefficient (Wildman–Crippen LogP) is 7.05. The number of piperidine rings is 1. The minimum atomic E-state index is -4.79. The van der Waals surface area contributed by atoms with Gasteiger partial charge in [0.25, 0.3) is 5.91 Å². The Kier molecular flexibility index (Phi) is 9.06. The molecule has 46 heavy (non-hydrogen) atoms. The first-order valence-electron chi connectivity index (χ1n) is 14.9. The van der Waals surface area contributed by atoms with E-state index >= 15 is 0 Å². The molecule has 6 rings (SSSR count). The Bertz CT molecular complexity index is 1680. The Labute approximate surface area is 266 Å². The van der Waals surface area contributed by atoms with Crippen LogP contribution in [0.2, 0.25) is 0 Å². The summed E-state index contributed by atoms with van der Waals surface area (Å²) in [6.07, 6.45) is -1.27. The van der Waals surface area contributed by atoms with Crippen LogP contribution in [0.5, 0.6) is 0 Å². The van der Waals surface area contributed by atoms with E-state index < -0.39 is 34.5 Å². The Morgan fingerprint density at radius 2 is 1.63 bits per heavy atom. The highest BCUT2D eigenvalue weighted by molar-refractivity contribution is 7.17. The number of para-hydroxylation sites is 1. The molecule has 3 N–H and O–H groups in total. The van der Waals surface area contributed by atoms with E-state index in [1.807, 2.05) is 23.1 Å². The lowest BCUT2D eigenvalue weighted by molar-refractivity contribution is -0.141. The number of thiazole rings is 1. The molecule has 9 nitrogen and oxygen atoms in total. The van der Waals surface area contributed by atoms with Crippen molar-refractivity contribution in [2.45, 2.75) is 37.4 Å². The largest absolute Gasteiger partial charge is 0.435 e. The molecule has 2 aliphatic rings. The van der Waals surface area contributed by atoms with Gasteiger partial charge in [0.05, 0.1) is 17.6 Å². The number of anilines is 4. The quantitative estimate of drug-likeness (QED) is 0.185. The molecule has 0 spiro atoms. The van der Waals surface area contributed by atoms with Gasteiger partial charge in [-0.3, -0.25) is 4.79 Å². The number of hydrogen-bond acceptors (Lipinski definition) is 7. The number of halogens is 4. The van der Waals surface area contributed by atoms with Gasteiger partial charge in [0, 0.05) is 32.2 Å². The Balaban J connectivity index is 1.05. The van der Waals surface area contributed by atoms with Gasteiger partial charge in [-0.25, -0.2) is 19.2 Å². The molecule has 2 saturated heterocycles. The number of likely N-dealkylation sites (tertiary alicyclic amines) is 1. The van der Waals surface area contributed by atoms with Crippen molar-refractivity contribution in [3.05, 3.63) is 94.9 Å². The molecule has 2 aromatic carbocycles. The van der Waals surface area contributed by atoms with Gasteiger partial charge in [-0.2, -0.15) is 13.2 Å². The normalized spacial score (nSPS) is 17.2. The highest BCUT2D eigenvalue weighted by Gasteiger charge is 2.40. The van der Waals surface area contributed by atoms with Crippen LogP contribution < -0.4 is 20.9 Å². The van der Waals surface area contributed by atoms with Gasteiger partial charge >= 0.3 is 12.2 Å². The van der Waals surface area contributed by atoms with Gasteiger partial charge in [0.2, 0.25) is 0 Å². The molecular weight excluding hydrogens is 622 g/mol. The molecule has 3 amide bonds. The molecule has 2 fully saturated rings. The van der Waals surface area contributed by atoms with Crippen molar-refractivity contribution in [1.82, 2.24) is 14.9 Å². The molecule has 4 aromatic rings. The lowest BCUT2D eigenvalue weighted by Crippen LogP contribution is -2.35. The van der Waals surface area contributed by atoms with Crippen LogP contribution in [0.4, 0.5) is 44.7 Å². The van der Waals surface area contributed by atoms with Crippen LogP contribution in [0, 0.1) is 5.82 Å². The van der Waals surface area contributed by atoms with Crippen molar-refractivity contribution < 1.29 is 27.2 Å². The van der Waals surface area contributed by atoms with Crippen molar-refractivity contribution in [2.75, 3.05) is 47.0 Å². The van der Waals surface area contributed by atoms with Crippen LogP contribution in [-0.2, 0) is 6.18 Å². The number of rotatable bonds is 7. The van der Waals surface area contributed by atoms with Gasteiger partial charge in [0.15, 0.2) is 10.8 Å². The number of nitrogens with one attached hydrogen (secondary N) is 3. The monoisotopic (exact) mass is 653 g/mol. The summed E-state index contributed by atoms with van der Waals surface area (Å²) in [6.45, 7) is 1.89. The van der Waals surface area contributed by atoms with Gasteiger partial charge in [0.1, 0.15) is 16.5 Å². The van der Waals surface area contributed by atoms with E-state index in [0.29, 0.717) is 44.3 Å². The van der Waals surface area contributed by atoms with Gasteiger partial charge in [-0.05, 0) is 55.0 Å². The van der Waals surface area contributed by atoms with Crippen LogP contribution in [0.25, 0.3) is 0 Å². The fourth-order valence-electron chi connectivity index (χ4n) is 5.69. The fraction of sp³-hybridized carbons (Fsp3) is 0.312. The van der Waals surface area contributed by atoms with Crippen LogP contribution in [0.3, 0.4) is 0 Å². The minimum absolute atomic E-state index is 0.101. The van der Waals surface area contributed by atoms with E-state index in [4.69, 9.17) is 0 Å². The summed E-state index contributed by atoms with van der Waals surface area (Å²) in [4.78, 5) is 36.6. The SMILES string of the molecule is O=C(Nc1ccc(NC2CCN(C(=O)Nc3ccccc3F)C2)nc1)c1sc(N2CCC(c3ccccc3)CC2)nc1C(F)(F)F. The van der Waals surface area contributed by atoms with E-state index in [2.05, 4.69) is 38.1 Å². The molecular formula is C32H31F4N7O2S. The number of carbonyl (C=O) groups is 2. The fourth-order valence-corrected chi connectivity index (χ4v) is 6.72. The molecule has 2 aromatic heterocycles. The van der Waals surface area contributed by atoms with Crippen molar-refractivity contribution in [1.29, 1.82) is 0 Å². The summed E-state index contributed by atoms with van der Waals surface area (Å²) in [6, 6.07) is 18.5. The maximum Gasteiger partial charge on any atom is 0.435 e. The molecule has 0 aliphatic carbocycles. The number of alkyl halides is 3. The average Bonchev–Trinajstić information content (AvgIpc) is 3.72. The van der Waals surface area contributed by atoms with Crippen molar-refractivity contribution in [3.63, 3.8) is 0 Å². The Morgan fingerprint density at radius 1 is 0.891 bits per heavy atom. The third-order valence-corrected chi connectivity index (χ3v) is 9.21. The number of aromatic nitrogens is 2. The number of carbonyl (C=O) groups excluding carboxylic acids is 2. The average molecular weight is 654 g/mol. The van der Waals surface area contributed by atoms with Gasteiger partial charge in [-0.1, -0.05) is 53.8 Å². The summed E-state index contributed by atoms with van der Waals surface area (Å²) in [5, 5.41) is 8.47. The molecule has 1 atom stereocenters. The van der Waals surface area contributed by atoms with Crippen LogP contribution in [0.15, 0.2) is 72.9 Å². The maximum atomic E-state index is 13.9. The van der Waals surface area contributed by atoms with Crippen LogP contribution in [0.1, 0.15) is 46.1 Å². The molecule has 14 heteroatoms. The summed E-state index contributed by atoms with van der Waals surface area (Å²) >= 11 is 0.737. The molecule has 1 unspecified atom stereocenters. The minimum Gasteiger partial charge on any atom is -0.365 e. The number of benzene rings is 2. The van der Waals surface area contributed by atoms with Crippen molar-refractivity contribution in [3.8, 4) is 0 Å². The highest BCUT2D eigenvalue weighted by atomic mass is 32.1. The summed E-state index contributed by atoms with van der Waals surface area (Å²) in [7, 11) is 0. The second kappa shape index (κ2) is 13.3. The van der Waals surface area contributed by atoms with Gasteiger partial charge in [-0.15, -0.1) is 0 Å². The second-order valence-electron chi connectivity index (χ2n) is 11.2. The number of nitrogens with zero attached hydrogens (tertiary/aromatic N) is 4. The van der Waals surface area contributed by atoms with E-state index in [9.17, 15) is 27.2 Å². The zero-order valence-corrected chi connectivity index (χ0v) is 25.4. The van der Waals surface area contributed by atoms with Crippen molar-refractivity contribution >= 4 is 45.6 Å². The van der Waals surface area contributed by atoms with Crippen LogP contribution >= 0.6 is 11.3 Å². The molecule has 240 valence electrons. The van der Waals surface area contributed by atoms with E-state index in [1.54, 1.807) is 17.0 Å².